The number of rotatable bonds is 4. The number of halogens is 2. The topological polar surface area (TPSA) is 93.9 Å². The summed E-state index contributed by atoms with van der Waals surface area (Å²) < 4.78 is 13.8. The Balaban J connectivity index is 1.93. The van der Waals surface area contributed by atoms with E-state index in [4.69, 9.17) is 11.6 Å². The monoisotopic (exact) mass is 367 g/mol. The zero-order valence-electron chi connectivity index (χ0n) is 13.2. The van der Waals surface area contributed by atoms with Crippen molar-refractivity contribution in [3.8, 4) is 17.3 Å². The lowest BCUT2D eigenvalue weighted by atomic mass is 10.1. The Morgan fingerprint density at radius 3 is 2.73 bits per heavy atom. The number of anilines is 1. The fraction of sp³-hybridized carbons (Fsp3) is 0. The number of hydrazone groups is 1. The third-order valence-electron chi connectivity index (χ3n) is 3.43. The number of nitriles is 1. The van der Waals surface area contributed by atoms with Crippen molar-refractivity contribution in [1.29, 1.82) is 5.26 Å². The average molecular weight is 368 g/mol. The summed E-state index contributed by atoms with van der Waals surface area (Å²) in [5, 5.41) is 13.1. The number of nitrogens with zero attached hydrogens (tertiary/aromatic N) is 3. The quantitative estimate of drug-likeness (QED) is 0.544. The minimum atomic E-state index is -0.606. The molecule has 3 rings (SSSR count). The van der Waals surface area contributed by atoms with E-state index in [1.807, 2.05) is 12.1 Å². The first-order chi connectivity index (χ1) is 12.6. The second kappa shape index (κ2) is 7.59. The van der Waals surface area contributed by atoms with Crippen molar-refractivity contribution in [2.45, 2.75) is 0 Å². The number of aromatic nitrogens is 2. The van der Waals surface area contributed by atoms with E-state index in [0.717, 1.165) is 0 Å². The second-order valence-corrected chi connectivity index (χ2v) is 5.54. The van der Waals surface area contributed by atoms with Crippen molar-refractivity contribution in [3.63, 3.8) is 0 Å². The highest BCUT2D eigenvalue weighted by Gasteiger charge is 2.12. The largest absolute Gasteiger partial charge is 0.290 e. The molecule has 0 unspecified atom stereocenters. The number of hydrogen-bond donors (Lipinski definition) is 2. The van der Waals surface area contributed by atoms with Crippen molar-refractivity contribution >= 4 is 23.8 Å². The molecule has 1 aromatic heterocycles. The van der Waals surface area contributed by atoms with Crippen molar-refractivity contribution < 1.29 is 4.39 Å². The maximum Gasteiger partial charge on any atom is 0.270 e. The predicted octanol–water partition coefficient (Wildman–Crippen LogP) is 3.55. The smallest absolute Gasteiger partial charge is 0.270 e. The van der Waals surface area contributed by atoms with Crippen LogP contribution in [-0.4, -0.2) is 16.2 Å². The Kier molecular flexibility index (Phi) is 5.06. The average Bonchev–Trinajstić information content (AvgIpc) is 2.65. The fourth-order valence-corrected chi connectivity index (χ4v) is 2.40. The van der Waals surface area contributed by atoms with Gasteiger partial charge in [0.1, 0.15) is 11.6 Å². The van der Waals surface area contributed by atoms with Gasteiger partial charge < -0.3 is 0 Å². The molecule has 6 nitrogen and oxygen atoms in total. The molecule has 8 heteroatoms. The van der Waals surface area contributed by atoms with E-state index < -0.39 is 11.4 Å². The Morgan fingerprint density at radius 2 is 2.00 bits per heavy atom. The molecular formula is C18H11ClFN5O. The Bertz CT molecular complexity index is 1070. The number of nitrogens with one attached hydrogen (secondary N) is 2. The highest BCUT2D eigenvalue weighted by molar-refractivity contribution is 6.31. The van der Waals surface area contributed by atoms with Crippen LogP contribution in [0.2, 0.25) is 5.02 Å². The van der Waals surface area contributed by atoms with Crippen LogP contribution in [0.5, 0.6) is 0 Å². The molecule has 0 aliphatic heterocycles. The van der Waals surface area contributed by atoms with Gasteiger partial charge in [-0.05, 0) is 6.07 Å². The lowest BCUT2D eigenvalue weighted by molar-refractivity contribution is 0.626. The number of hydrogen-bond acceptors (Lipinski definition) is 5. The van der Waals surface area contributed by atoms with Gasteiger partial charge in [-0.15, -0.1) is 0 Å². The first-order valence-corrected chi connectivity index (χ1v) is 7.81. The fourth-order valence-electron chi connectivity index (χ4n) is 2.22. The van der Waals surface area contributed by atoms with Gasteiger partial charge in [0.2, 0.25) is 5.95 Å². The molecule has 0 amide bonds. The highest BCUT2D eigenvalue weighted by Crippen LogP contribution is 2.19. The van der Waals surface area contributed by atoms with E-state index in [1.165, 1.54) is 18.3 Å². The first-order valence-electron chi connectivity index (χ1n) is 7.43. The molecule has 0 spiro atoms. The number of aromatic amines is 1. The Morgan fingerprint density at radius 1 is 1.23 bits per heavy atom. The normalized spacial score (nSPS) is 10.7. The zero-order chi connectivity index (χ0) is 18.5. The first kappa shape index (κ1) is 17.3. The van der Waals surface area contributed by atoms with Crippen LogP contribution in [0.15, 0.2) is 58.4 Å². The molecule has 0 bridgehead atoms. The maximum absolute atomic E-state index is 13.8. The van der Waals surface area contributed by atoms with Crippen LogP contribution in [-0.2, 0) is 0 Å². The molecule has 0 atom stereocenters. The third-order valence-corrected chi connectivity index (χ3v) is 3.73. The van der Waals surface area contributed by atoms with Crippen LogP contribution >= 0.6 is 11.6 Å². The summed E-state index contributed by atoms with van der Waals surface area (Å²) >= 11 is 5.71. The lowest BCUT2D eigenvalue weighted by Crippen LogP contribution is -2.16. The molecule has 26 heavy (non-hydrogen) atoms. The molecule has 0 aliphatic rings. The van der Waals surface area contributed by atoms with Gasteiger partial charge in [0.15, 0.2) is 5.82 Å². The van der Waals surface area contributed by atoms with Gasteiger partial charge in [-0.3, -0.25) is 9.78 Å². The van der Waals surface area contributed by atoms with Crippen molar-refractivity contribution in [2.24, 2.45) is 5.10 Å². The molecule has 2 N–H and O–H groups in total. The molecule has 0 saturated heterocycles. The molecular weight excluding hydrogens is 357 g/mol. The molecule has 0 saturated carbocycles. The van der Waals surface area contributed by atoms with E-state index in [-0.39, 0.29) is 27.8 Å². The maximum atomic E-state index is 13.8. The molecule has 0 radical (unpaired) electrons. The van der Waals surface area contributed by atoms with E-state index in [0.29, 0.717) is 5.56 Å². The molecule has 0 fully saturated rings. The molecule has 2 aromatic carbocycles. The summed E-state index contributed by atoms with van der Waals surface area (Å²) in [5.74, 6) is -0.586. The highest BCUT2D eigenvalue weighted by atomic mass is 35.5. The van der Waals surface area contributed by atoms with Crippen LogP contribution in [0.25, 0.3) is 11.3 Å². The van der Waals surface area contributed by atoms with Crippen molar-refractivity contribution in [3.05, 3.63) is 80.9 Å². The summed E-state index contributed by atoms with van der Waals surface area (Å²) in [5.41, 5.74) is 2.83. The summed E-state index contributed by atoms with van der Waals surface area (Å²) in [4.78, 5) is 18.7. The second-order valence-electron chi connectivity index (χ2n) is 5.13. The SMILES string of the molecule is N#Cc1c(-c2ccccc2)nc(NN=Cc2cccc(Cl)c2F)[nH]c1=O. The summed E-state index contributed by atoms with van der Waals surface area (Å²) in [7, 11) is 0. The van der Waals surface area contributed by atoms with Crippen LogP contribution in [0, 0.1) is 17.1 Å². The number of benzene rings is 2. The summed E-state index contributed by atoms with van der Waals surface area (Å²) in [6.07, 6.45) is 1.21. The Hall–Kier alpha value is -3.50. The Labute approximate surface area is 152 Å². The lowest BCUT2D eigenvalue weighted by Gasteiger charge is -2.06. The standard InChI is InChI=1S/C18H11ClFN5O/c19-14-8-4-7-12(15(14)20)10-22-25-18-23-16(11-5-2-1-3-6-11)13(9-21)17(26)24-18/h1-8,10H,(H2,23,24,25,26). The van der Waals surface area contributed by atoms with Crippen molar-refractivity contribution in [2.75, 3.05) is 5.43 Å². The van der Waals surface area contributed by atoms with E-state index in [1.54, 1.807) is 30.3 Å². The third kappa shape index (κ3) is 3.61. The molecule has 128 valence electrons. The predicted molar refractivity (Wildman–Crippen MR) is 97.6 cm³/mol. The van der Waals surface area contributed by atoms with Crippen LogP contribution in [0.3, 0.4) is 0 Å². The van der Waals surface area contributed by atoms with E-state index in [9.17, 15) is 14.4 Å². The zero-order valence-corrected chi connectivity index (χ0v) is 14.0. The number of H-pyrrole nitrogens is 1. The van der Waals surface area contributed by atoms with Crippen LogP contribution in [0.4, 0.5) is 10.3 Å². The molecule has 3 aromatic rings. The molecule has 0 aliphatic carbocycles. The van der Waals surface area contributed by atoms with Crippen LogP contribution in [0.1, 0.15) is 11.1 Å². The van der Waals surface area contributed by atoms with E-state index in [2.05, 4.69) is 20.5 Å². The van der Waals surface area contributed by atoms with Crippen molar-refractivity contribution in [1.82, 2.24) is 9.97 Å². The van der Waals surface area contributed by atoms with Gasteiger partial charge in [-0.1, -0.05) is 54.1 Å². The minimum Gasteiger partial charge on any atom is -0.290 e. The van der Waals surface area contributed by atoms with Gasteiger partial charge >= 0.3 is 0 Å². The van der Waals surface area contributed by atoms with Gasteiger partial charge in [0.25, 0.3) is 5.56 Å². The van der Waals surface area contributed by atoms with Crippen LogP contribution < -0.4 is 11.0 Å². The molecule has 1 heterocycles. The summed E-state index contributed by atoms with van der Waals surface area (Å²) in [6.45, 7) is 0. The van der Waals surface area contributed by atoms with Gasteiger partial charge in [0, 0.05) is 11.1 Å². The van der Waals surface area contributed by atoms with Gasteiger partial charge in [-0.2, -0.15) is 10.4 Å². The van der Waals surface area contributed by atoms with Gasteiger partial charge in [0.05, 0.1) is 16.9 Å². The van der Waals surface area contributed by atoms with Gasteiger partial charge in [-0.25, -0.2) is 14.8 Å². The van der Waals surface area contributed by atoms with E-state index >= 15 is 0 Å². The summed E-state index contributed by atoms with van der Waals surface area (Å²) in [6, 6.07) is 15.2. The minimum absolute atomic E-state index is 0.0199.